The number of halogens is 3. The fourth-order valence-corrected chi connectivity index (χ4v) is 3.59. The molecule has 0 saturated heterocycles. The van der Waals surface area contributed by atoms with Crippen LogP contribution in [0.5, 0.6) is 11.5 Å². The van der Waals surface area contributed by atoms with Gasteiger partial charge in [0.15, 0.2) is 11.6 Å². The first-order valence-electron chi connectivity index (χ1n) is 10.5. The topological polar surface area (TPSA) is 81.6 Å². The second-order valence-electron chi connectivity index (χ2n) is 7.52. The molecule has 2 heterocycles. The predicted octanol–water partition coefficient (Wildman–Crippen LogP) is 4.54. The zero-order valence-corrected chi connectivity index (χ0v) is 17.9. The molecule has 176 valence electrons. The van der Waals surface area contributed by atoms with Gasteiger partial charge in [0.1, 0.15) is 18.1 Å². The van der Waals surface area contributed by atoms with Gasteiger partial charge in [-0.15, -0.1) is 13.2 Å². The lowest BCUT2D eigenvalue weighted by molar-refractivity contribution is -0.274. The van der Waals surface area contributed by atoms with Gasteiger partial charge < -0.3 is 14.4 Å². The summed E-state index contributed by atoms with van der Waals surface area (Å²) in [5.41, 5.74) is 1.62. The van der Waals surface area contributed by atoms with Crippen molar-refractivity contribution in [1.29, 1.82) is 0 Å². The number of nitrogens with zero attached hydrogens (tertiary/aromatic N) is 3. The molecule has 1 aromatic heterocycles. The minimum absolute atomic E-state index is 0.148. The van der Waals surface area contributed by atoms with Gasteiger partial charge in [-0.25, -0.2) is 9.97 Å². The first-order chi connectivity index (χ1) is 16.3. The number of carbonyl (C=O) groups is 2. The van der Waals surface area contributed by atoms with Crippen LogP contribution in [0.4, 0.5) is 13.2 Å². The minimum atomic E-state index is -4.77. The van der Waals surface area contributed by atoms with Crippen LogP contribution in [-0.4, -0.2) is 52.6 Å². The van der Waals surface area contributed by atoms with E-state index in [-0.39, 0.29) is 29.7 Å². The third kappa shape index (κ3) is 5.69. The number of benzene rings is 2. The molecule has 0 spiro atoms. The molecule has 10 heteroatoms. The molecular weight excluding hydrogens is 451 g/mol. The van der Waals surface area contributed by atoms with Gasteiger partial charge in [0.05, 0.1) is 12.1 Å². The minimum Gasteiger partial charge on any atom is -0.491 e. The van der Waals surface area contributed by atoms with E-state index in [4.69, 9.17) is 4.74 Å². The molecule has 0 N–H and O–H groups in total. The Morgan fingerprint density at radius 2 is 1.76 bits per heavy atom. The maximum Gasteiger partial charge on any atom is 0.573 e. The smallest absolute Gasteiger partial charge is 0.491 e. The van der Waals surface area contributed by atoms with Crippen LogP contribution in [0.15, 0.2) is 60.9 Å². The van der Waals surface area contributed by atoms with E-state index in [2.05, 4.69) is 14.7 Å². The van der Waals surface area contributed by atoms with Gasteiger partial charge in [0.2, 0.25) is 0 Å². The SMILES string of the molecule is O=C(CCCN1CCOc2ccc(-c3ccc(OC(F)(F)F)cc3)cc2C1=O)c1ncccn1. The van der Waals surface area contributed by atoms with E-state index in [1.54, 1.807) is 29.2 Å². The number of aromatic nitrogens is 2. The van der Waals surface area contributed by atoms with Crippen LogP contribution in [0.2, 0.25) is 0 Å². The van der Waals surface area contributed by atoms with Crippen LogP contribution >= 0.6 is 0 Å². The summed E-state index contributed by atoms with van der Waals surface area (Å²) >= 11 is 0. The van der Waals surface area contributed by atoms with Gasteiger partial charge in [0, 0.05) is 25.4 Å². The lowest BCUT2D eigenvalue weighted by Gasteiger charge is -2.19. The molecule has 34 heavy (non-hydrogen) atoms. The number of rotatable bonds is 7. The van der Waals surface area contributed by atoms with E-state index in [9.17, 15) is 22.8 Å². The molecule has 0 fully saturated rings. The van der Waals surface area contributed by atoms with Crippen LogP contribution in [0.3, 0.4) is 0 Å². The Balaban J connectivity index is 1.45. The standard InChI is InChI=1S/C24H20F3N3O4/c25-24(26,27)34-18-7-4-16(5-8-18)17-6-9-21-19(15-17)23(32)30(13-14-33-21)12-1-3-20(31)22-28-10-2-11-29-22/h2,4-11,15H,1,3,12-14H2. The monoisotopic (exact) mass is 471 g/mol. The van der Waals surface area contributed by atoms with E-state index in [0.29, 0.717) is 48.6 Å². The molecule has 0 atom stereocenters. The van der Waals surface area contributed by atoms with E-state index < -0.39 is 6.36 Å². The molecule has 0 unspecified atom stereocenters. The van der Waals surface area contributed by atoms with Crippen molar-refractivity contribution < 1.29 is 32.2 Å². The summed E-state index contributed by atoms with van der Waals surface area (Å²) in [4.78, 5) is 34.9. The van der Waals surface area contributed by atoms with Crippen molar-refractivity contribution in [2.75, 3.05) is 19.7 Å². The zero-order chi connectivity index (χ0) is 24.1. The Bertz CT molecular complexity index is 1170. The average molecular weight is 471 g/mol. The molecule has 3 aromatic rings. The molecule has 1 amide bonds. The molecule has 7 nitrogen and oxygen atoms in total. The normalized spacial score (nSPS) is 13.6. The molecular formula is C24H20F3N3O4. The molecule has 1 aliphatic rings. The maximum absolute atomic E-state index is 13.2. The maximum atomic E-state index is 13.2. The average Bonchev–Trinajstić information content (AvgIpc) is 2.97. The lowest BCUT2D eigenvalue weighted by Crippen LogP contribution is -2.33. The van der Waals surface area contributed by atoms with Crippen LogP contribution in [0, 0.1) is 0 Å². The zero-order valence-electron chi connectivity index (χ0n) is 17.9. The number of ether oxygens (including phenoxy) is 2. The number of carbonyl (C=O) groups excluding carboxylic acids is 2. The number of fused-ring (bicyclic) bond motifs is 1. The van der Waals surface area contributed by atoms with Gasteiger partial charge in [-0.2, -0.15) is 0 Å². The molecule has 0 radical (unpaired) electrons. The number of amides is 1. The summed E-state index contributed by atoms with van der Waals surface area (Å²) in [6.45, 7) is 1.02. The third-order valence-electron chi connectivity index (χ3n) is 5.18. The second kappa shape index (κ2) is 9.90. The number of ketones is 1. The molecule has 0 bridgehead atoms. The highest BCUT2D eigenvalue weighted by Gasteiger charge is 2.31. The number of alkyl halides is 3. The summed E-state index contributed by atoms with van der Waals surface area (Å²) in [5, 5.41) is 0. The number of hydrogen-bond donors (Lipinski definition) is 0. The highest BCUT2D eigenvalue weighted by atomic mass is 19.4. The predicted molar refractivity (Wildman–Crippen MR) is 116 cm³/mol. The van der Waals surface area contributed by atoms with E-state index in [1.165, 1.54) is 36.7 Å². The fraction of sp³-hybridized carbons (Fsp3) is 0.250. The summed E-state index contributed by atoms with van der Waals surface area (Å²) in [5.74, 6) is -0.182. The Labute approximate surface area is 193 Å². The van der Waals surface area contributed by atoms with Crippen molar-refractivity contribution in [2.45, 2.75) is 19.2 Å². The molecule has 1 aliphatic heterocycles. The van der Waals surface area contributed by atoms with Gasteiger partial charge >= 0.3 is 6.36 Å². The van der Waals surface area contributed by atoms with Crippen molar-refractivity contribution in [3.05, 3.63) is 72.3 Å². The quantitative estimate of drug-likeness (QED) is 0.471. The highest BCUT2D eigenvalue weighted by molar-refractivity contribution is 5.98. The summed E-state index contributed by atoms with van der Waals surface area (Å²) < 4.78 is 46.8. The van der Waals surface area contributed by atoms with Crippen molar-refractivity contribution in [3.63, 3.8) is 0 Å². The van der Waals surface area contributed by atoms with E-state index in [0.717, 1.165) is 0 Å². The highest BCUT2D eigenvalue weighted by Crippen LogP contribution is 2.31. The Morgan fingerprint density at radius 3 is 2.47 bits per heavy atom. The summed E-state index contributed by atoms with van der Waals surface area (Å²) in [7, 11) is 0. The first kappa shape index (κ1) is 23.2. The van der Waals surface area contributed by atoms with Crippen LogP contribution in [0.25, 0.3) is 11.1 Å². The Kier molecular flexibility index (Phi) is 6.76. The molecule has 0 aliphatic carbocycles. The van der Waals surface area contributed by atoms with Gasteiger partial charge in [-0.05, 0) is 47.9 Å². The van der Waals surface area contributed by atoms with Gasteiger partial charge in [-0.3, -0.25) is 9.59 Å². The van der Waals surface area contributed by atoms with Crippen molar-refractivity contribution in [1.82, 2.24) is 14.9 Å². The van der Waals surface area contributed by atoms with E-state index >= 15 is 0 Å². The first-order valence-corrected chi connectivity index (χ1v) is 10.5. The van der Waals surface area contributed by atoms with Crippen molar-refractivity contribution in [3.8, 4) is 22.6 Å². The molecule has 4 rings (SSSR count). The fourth-order valence-electron chi connectivity index (χ4n) is 3.59. The van der Waals surface area contributed by atoms with Crippen LogP contribution in [0.1, 0.15) is 33.8 Å². The summed E-state index contributed by atoms with van der Waals surface area (Å²) in [6.07, 6.45) is -1.12. The third-order valence-corrected chi connectivity index (χ3v) is 5.18. The summed E-state index contributed by atoms with van der Waals surface area (Å²) in [6, 6.07) is 12.1. The van der Waals surface area contributed by atoms with Crippen molar-refractivity contribution in [2.24, 2.45) is 0 Å². The van der Waals surface area contributed by atoms with Gasteiger partial charge in [0.25, 0.3) is 5.91 Å². The van der Waals surface area contributed by atoms with Crippen LogP contribution in [-0.2, 0) is 0 Å². The van der Waals surface area contributed by atoms with Crippen molar-refractivity contribution >= 4 is 11.7 Å². The largest absolute Gasteiger partial charge is 0.573 e. The lowest BCUT2D eigenvalue weighted by atomic mass is 10.0. The van der Waals surface area contributed by atoms with Crippen LogP contribution < -0.4 is 9.47 Å². The Morgan fingerprint density at radius 1 is 1.06 bits per heavy atom. The second-order valence-corrected chi connectivity index (χ2v) is 7.52. The Hall–Kier alpha value is -3.95. The molecule has 0 saturated carbocycles. The van der Waals surface area contributed by atoms with Gasteiger partial charge in [-0.1, -0.05) is 18.2 Å². The number of hydrogen-bond acceptors (Lipinski definition) is 6. The number of Topliss-reactive ketones (excluding diaryl/α,β-unsaturated/α-hetero) is 1. The van der Waals surface area contributed by atoms with E-state index in [1.807, 2.05) is 0 Å². The molecule has 2 aromatic carbocycles.